The highest BCUT2D eigenvalue weighted by Gasteiger charge is 2.21. The third-order valence-corrected chi connectivity index (χ3v) is 2.98. The summed E-state index contributed by atoms with van der Waals surface area (Å²) in [5, 5.41) is 0. The summed E-state index contributed by atoms with van der Waals surface area (Å²) in [7, 11) is 3.09. The molecule has 1 aromatic heterocycles. The minimum Gasteiger partial charge on any atom is -0.497 e. The first-order valence-electron chi connectivity index (χ1n) is 5.99. The number of aromatic nitrogens is 1. The third kappa shape index (κ3) is 2.71. The van der Waals surface area contributed by atoms with Gasteiger partial charge in [0.2, 0.25) is 0 Å². The molecule has 3 N–H and O–H groups in total. The predicted molar refractivity (Wildman–Crippen MR) is 72.9 cm³/mol. The monoisotopic (exact) mass is 277 g/mol. The molecular formula is C14H16FN3O2. The fraction of sp³-hybridized carbons (Fsp3) is 0.214. The molecule has 1 unspecified atom stereocenters. The molecule has 0 fully saturated rings. The third-order valence-electron chi connectivity index (χ3n) is 2.98. The number of benzene rings is 1. The van der Waals surface area contributed by atoms with E-state index in [1.807, 2.05) is 0 Å². The van der Waals surface area contributed by atoms with Crippen LogP contribution in [0.4, 0.5) is 4.39 Å². The number of pyridine rings is 1. The van der Waals surface area contributed by atoms with Crippen LogP contribution >= 0.6 is 0 Å². The van der Waals surface area contributed by atoms with Crippen molar-refractivity contribution in [2.75, 3.05) is 14.2 Å². The van der Waals surface area contributed by atoms with Crippen LogP contribution in [0.25, 0.3) is 0 Å². The van der Waals surface area contributed by atoms with Gasteiger partial charge in [0.25, 0.3) is 0 Å². The summed E-state index contributed by atoms with van der Waals surface area (Å²) >= 11 is 0. The Kier molecular flexibility index (Phi) is 4.49. The molecule has 0 radical (unpaired) electrons. The fourth-order valence-corrected chi connectivity index (χ4v) is 1.98. The molecule has 2 aromatic rings. The number of nitrogens with one attached hydrogen (secondary N) is 1. The van der Waals surface area contributed by atoms with Gasteiger partial charge in [0, 0.05) is 17.8 Å². The van der Waals surface area contributed by atoms with Crippen LogP contribution in [-0.2, 0) is 0 Å². The molecule has 20 heavy (non-hydrogen) atoms. The molecule has 0 bridgehead atoms. The molecule has 0 saturated heterocycles. The summed E-state index contributed by atoms with van der Waals surface area (Å²) in [6, 6.07) is 7.47. The van der Waals surface area contributed by atoms with Gasteiger partial charge in [-0.3, -0.25) is 10.8 Å². The van der Waals surface area contributed by atoms with Gasteiger partial charge in [0.15, 0.2) is 0 Å². The Morgan fingerprint density at radius 2 is 2.05 bits per heavy atom. The average Bonchev–Trinajstić information content (AvgIpc) is 2.50. The number of hydrazine groups is 1. The zero-order valence-corrected chi connectivity index (χ0v) is 11.3. The molecule has 1 heterocycles. The first-order valence-corrected chi connectivity index (χ1v) is 5.99. The molecule has 1 atom stereocenters. The zero-order valence-electron chi connectivity index (χ0n) is 11.3. The van der Waals surface area contributed by atoms with Crippen LogP contribution in [0.2, 0.25) is 0 Å². The Hall–Kier alpha value is -2.18. The van der Waals surface area contributed by atoms with Crippen molar-refractivity contribution < 1.29 is 13.9 Å². The quantitative estimate of drug-likeness (QED) is 0.644. The van der Waals surface area contributed by atoms with E-state index in [9.17, 15) is 4.39 Å². The minimum absolute atomic E-state index is 0.207. The van der Waals surface area contributed by atoms with Gasteiger partial charge in [-0.15, -0.1) is 0 Å². The second-order valence-corrected chi connectivity index (χ2v) is 4.08. The zero-order chi connectivity index (χ0) is 14.5. The van der Waals surface area contributed by atoms with Crippen molar-refractivity contribution in [3.05, 3.63) is 53.6 Å². The molecular weight excluding hydrogens is 261 g/mol. The lowest BCUT2D eigenvalue weighted by Crippen LogP contribution is -2.30. The molecule has 0 amide bonds. The summed E-state index contributed by atoms with van der Waals surface area (Å²) in [4.78, 5) is 4.04. The van der Waals surface area contributed by atoms with Crippen LogP contribution in [0.15, 0.2) is 36.5 Å². The molecule has 0 spiro atoms. The first kappa shape index (κ1) is 14.2. The van der Waals surface area contributed by atoms with Crippen LogP contribution < -0.4 is 20.7 Å². The van der Waals surface area contributed by atoms with E-state index >= 15 is 0 Å². The van der Waals surface area contributed by atoms with E-state index in [1.165, 1.54) is 25.4 Å². The van der Waals surface area contributed by atoms with E-state index in [1.54, 1.807) is 25.3 Å². The summed E-state index contributed by atoms with van der Waals surface area (Å²) in [6.45, 7) is 0. The van der Waals surface area contributed by atoms with E-state index in [4.69, 9.17) is 15.3 Å². The number of nitrogens with two attached hydrogens (primary N) is 1. The summed E-state index contributed by atoms with van der Waals surface area (Å²) in [5.41, 5.74) is 3.45. The second kappa shape index (κ2) is 6.31. The molecule has 106 valence electrons. The Labute approximate surface area is 116 Å². The van der Waals surface area contributed by atoms with Gasteiger partial charge < -0.3 is 9.47 Å². The van der Waals surface area contributed by atoms with Crippen molar-refractivity contribution in [3.63, 3.8) is 0 Å². The van der Waals surface area contributed by atoms with Gasteiger partial charge in [-0.2, -0.15) is 0 Å². The largest absolute Gasteiger partial charge is 0.497 e. The lowest BCUT2D eigenvalue weighted by molar-refractivity contribution is 0.386. The number of methoxy groups -OCH3 is 2. The van der Waals surface area contributed by atoms with Gasteiger partial charge in [0.1, 0.15) is 17.3 Å². The number of halogens is 1. The lowest BCUT2D eigenvalue weighted by Gasteiger charge is -2.19. The maximum absolute atomic E-state index is 13.9. The van der Waals surface area contributed by atoms with E-state index < -0.39 is 11.9 Å². The normalized spacial score (nSPS) is 12.0. The number of hydrogen-bond acceptors (Lipinski definition) is 5. The Morgan fingerprint density at radius 1 is 1.25 bits per heavy atom. The van der Waals surface area contributed by atoms with Crippen LogP contribution in [0.1, 0.15) is 17.3 Å². The van der Waals surface area contributed by atoms with Gasteiger partial charge in [-0.1, -0.05) is 0 Å². The summed E-state index contributed by atoms with van der Waals surface area (Å²) < 4.78 is 24.3. The maximum atomic E-state index is 13.9. The average molecular weight is 277 g/mol. The molecule has 1 aromatic carbocycles. The highest BCUT2D eigenvalue weighted by Crippen LogP contribution is 2.32. The number of nitrogens with zero attached hydrogens (tertiary/aromatic N) is 1. The molecule has 0 aliphatic rings. The fourth-order valence-electron chi connectivity index (χ4n) is 1.98. The molecule has 5 nitrogen and oxygen atoms in total. The lowest BCUT2D eigenvalue weighted by atomic mass is 10.0. The van der Waals surface area contributed by atoms with Crippen molar-refractivity contribution in [3.8, 4) is 11.5 Å². The van der Waals surface area contributed by atoms with E-state index in [-0.39, 0.29) is 5.69 Å². The predicted octanol–water partition coefficient (Wildman–Crippen LogP) is 1.79. The summed E-state index contributed by atoms with van der Waals surface area (Å²) in [6.07, 6.45) is 1.51. The molecule has 6 heteroatoms. The van der Waals surface area contributed by atoms with Gasteiger partial charge >= 0.3 is 0 Å². The molecule has 0 aliphatic heterocycles. The van der Waals surface area contributed by atoms with Gasteiger partial charge in [-0.25, -0.2) is 9.82 Å². The van der Waals surface area contributed by atoms with E-state index in [0.29, 0.717) is 17.1 Å². The van der Waals surface area contributed by atoms with Crippen molar-refractivity contribution in [2.45, 2.75) is 6.04 Å². The smallest absolute Gasteiger partial charge is 0.146 e. The van der Waals surface area contributed by atoms with Crippen molar-refractivity contribution in [1.82, 2.24) is 10.4 Å². The SMILES string of the molecule is COc1ccc(C(NN)c2ncccc2F)c(OC)c1. The Bertz CT molecular complexity index is 592. The highest BCUT2D eigenvalue weighted by atomic mass is 19.1. The van der Waals surface area contributed by atoms with Crippen molar-refractivity contribution in [1.29, 1.82) is 0 Å². The van der Waals surface area contributed by atoms with Crippen molar-refractivity contribution >= 4 is 0 Å². The Balaban J connectivity index is 2.49. The maximum Gasteiger partial charge on any atom is 0.146 e. The molecule has 2 rings (SSSR count). The highest BCUT2D eigenvalue weighted by molar-refractivity contribution is 5.45. The molecule has 0 saturated carbocycles. The van der Waals surface area contributed by atoms with E-state index in [2.05, 4.69) is 10.4 Å². The van der Waals surface area contributed by atoms with Gasteiger partial charge in [0.05, 0.1) is 26.0 Å². The van der Waals surface area contributed by atoms with Gasteiger partial charge in [-0.05, 0) is 24.3 Å². The van der Waals surface area contributed by atoms with Crippen LogP contribution in [-0.4, -0.2) is 19.2 Å². The van der Waals surface area contributed by atoms with Crippen LogP contribution in [0.3, 0.4) is 0 Å². The minimum atomic E-state index is -0.614. The van der Waals surface area contributed by atoms with Crippen LogP contribution in [0.5, 0.6) is 11.5 Å². The number of ether oxygens (including phenoxy) is 2. The standard InChI is InChI=1S/C14H16FN3O2/c1-19-9-5-6-10(12(8-9)20-2)13(18-16)14-11(15)4-3-7-17-14/h3-8,13,18H,16H2,1-2H3. The topological polar surface area (TPSA) is 69.4 Å². The van der Waals surface area contributed by atoms with Crippen molar-refractivity contribution in [2.24, 2.45) is 5.84 Å². The summed E-state index contributed by atoms with van der Waals surface area (Å²) in [5.74, 6) is 6.30. The number of rotatable bonds is 5. The Morgan fingerprint density at radius 3 is 2.65 bits per heavy atom. The second-order valence-electron chi connectivity index (χ2n) is 4.08. The molecule has 0 aliphatic carbocycles. The first-order chi connectivity index (χ1) is 9.71. The number of hydrogen-bond donors (Lipinski definition) is 2. The van der Waals surface area contributed by atoms with E-state index in [0.717, 1.165) is 0 Å². The van der Waals surface area contributed by atoms with Crippen LogP contribution in [0, 0.1) is 5.82 Å².